The summed E-state index contributed by atoms with van der Waals surface area (Å²) >= 11 is 0. The number of halogens is 1. The highest BCUT2D eigenvalue weighted by atomic mass is 19.1. The van der Waals surface area contributed by atoms with Crippen LogP contribution in [-0.4, -0.2) is 38.5 Å². The van der Waals surface area contributed by atoms with Crippen molar-refractivity contribution in [1.29, 1.82) is 0 Å². The quantitative estimate of drug-likeness (QED) is 0.726. The second kappa shape index (κ2) is 4.67. The molecule has 0 saturated carbocycles. The van der Waals surface area contributed by atoms with E-state index in [9.17, 15) is 28.7 Å². The van der Waals surface area contributed by atoms with E-state index in [0.717, 1.165) is 25.8 Å². The lowest BCUT2D eigenvalue weighted by Gasteiger charge is -2.35. The molecule has 1 amide bonds. The number of likely N-dealkylation sites (N-methyl/N-ethyl adjacent to an activating group) is 1. The van der Waals surface area contributed by atoms with Gasteiger partial charge in [0.1, 0.15) is 0 Å². The Morgan fingerprint density at radius 1 is 1.47 bits per heavy atom. The van der Waals surface area contributed by atoms with Crippen molar-refractivity contribution < 1.29 is 19.1 Å². The zero-order chi connectivity index (χ0) is 15.0. The molecule has 0 aliphatic rings. The molecule has 1 atom stereocenters. The van der Waals surface area contributed by atoms with E-state index in [1.807, 2.05) is 0 Å². The lowest BCUT2D eigenvalue weighted by molar-refractivity contribution is -0.163. The van der Waals surface area contributed by atoms with Crippen LogP contribution < -0.4 is 11.2 Å². The largest absolute Gasteiger partial charge is 0.478 e. The van der Waals surface area contributed by atoms with Crippen molar-refractivity contribution >= 4 is 11.9 Å². The van der Waals surface area contributed by atoms with E-state index in [4.69, 9.17) is 0 Å². The second-order valence-electron chi connectivity index (χ2n) is 4.01. The molecule has 19 heavy (non-hydrogen) atoms. The number of carbonyl (C=O) groups is 2. The van der Waals surface area contributed by atoms with Crippen molar-refractivity contribution in [3.8, 4) is 0 Å². The third-order valence-corrected chi connectivity index (χ3v) is 2.90. The molecule has 0 aromatic carbocycles. The van der Waals surface area contributed by atoms with Crippen LogP contribution >= 0.6 is 0 Å². The molecule has 9 heteroatoms. The van der Waals surface area contributed by atoms with Crippen molar-refractivity contribution in [3.63, 3.8) is 0 Å². The summed E-state index contributed by atoms with van der Waals surface area (Å²) in [5.74, 6) is -3.54. The van der Waals surface area contributed by atoms with Crippen molar-refractivity contribution in [3.05, 3.63) is 32.9 Å². The van der Waals surface area contributed by atoms with Gasteiger partial charge >= 0.3 is 11.7 Å². The van der Waals surface area contributed by atoms with Gasteiger partial charge in [-0.3, -0.25) is 19.1 Å². The summed E-state index contributed by atoms with van der Waals surface area (Å²) in [6.45, 7) is 2.13. The molecule has 1 rings (SSSR count). The number of rotatable bonds is 3. The van der Waals surface area contributed by atoms with Crippen LogP contribution in [0.2, 0.25) is 0 Å². The number of amides is 1. The van der Waals surface area contributed by atoms with Crippen LogP contribution in [0, 0.1) is 5.82 Å². The number of nitrogens with one attached hydrogen (secondary N) is 1. The van der Waals surface area contributed by atoms with Crippen LogP contribution in [0.15, 0.2) is 15.8 Å². The minimum absolute atomic E-state index is 0.438. The number of aliphatic carboxylic acids is 1. The van der Waals surface area contributed by atoms with Crippen LogP contribution in [0.25, 0.3) is 0 Å². The average molecular weight is 273 g/mol. The van der Waals surface area contributed by atoms with E-state index in [0.29, 0.717) is 10.8 Å². The number of nitrogens with zero attached hydrogens (tertiary/aromatic N) is 2. The Hall–Kier alpha value is -2.45. The summed E-state index contributed by atoms with van der Waals surface area (Å²) in [4.78, 5) is 47.6. The lowest BCUT2D eigenvalue weighted by atomic mass is 10.1. The Bertz CT molecular complexity index is 649. The fourth-order valence-corrected chi connectivity index (χ4v) is 1.49. The van der Waals surface area contributed by atoms with E-state index >= 15 is 0 Å². The minimum Gasteiger partial charge on any atom is -0.478 e. The summed E-state index contributed by atoms with van der Waals surface area (Å²) in [6.07, 6.45) is 0.453. The molecule has 0 aliphatic heterocycles. The maximum absolute atomic E-state index is 13.2. The molecule has 0 fully saturated rings. The molecule has 1 aromatic heterocycles. The standard InChI is InChI=1S/C10H12FN3O5/c1-5(15)13(3)10(2,8(17)18)14-4-6(11)7(16)12-9(14)19/h4H,1-3H3,(H,17,18)(H,12,16,19). The zero-order valence-electron chi connectivity index (χ0n) is 10.4. The lowest BCUT2D eigenvalue weighted by Crippen LogP contribution is -2.58. The van der Waals surface area contributed by atoms with E-state index < -0.39 is 34.6 Å². The molecule has 1 heterocycles. The Balaban J connectivity index is 3.66. The fraction of sp³-hybridized carbons (Fsp3) is 0.400. The number of aromatic nitrogens is 2. The number of hydrogen-bond acceptors (Lipinski definition) is 4. The van der Waals surface area contributed by atoms with Gasteiger partial charge in [-0.25, -0.2) is 9.59 Å². The third kappa shape index (κ3) is 2.26. The van der Waals surface area contributed by atoms with E-state index in [1.54, 1.807) is 4.98 Å². The first-order valence-electron chi connectivity index (χ1n) is 5.12. The number of hydrogen-bond donors (Lipinski definition) is 2. The van der Waals surface area contributed by atoms with Crippen molar-refractivity contribution in [2.75, 3.05) is 7.05 Å². The summed E-state index contributed by atoms with van der Waals surface area (Å²) in [6, 6.07) is 0. The Morgan fingerprint density at radius 3 is 2.42 bits per heavy atom. The van der Waals surface area contributed by atoms with Gasteiger partial charge < -0.3 is 10.0 Å². The van der Waals surface area contributed by atoms with Gasteiger partial charge in [-0.1, -0.05) is 0 Å². The Morgan fingerprint density at radius 2 is 2.00 bits per heavy atom. The summed E-state index contributed by atoms with van der Waals surface area (Å²) in [5.41, 5.74) is -4.56. The van der Waals surface area contributed by atoms with Gasteiger partial charge in [-0.15, -0.1) is 0 Å². The first kappa shape index (κ1) is 14.6. The summed E-state index contributed by atoms with van der Waals surface area (Å²) < 4.78 is 13.7. The molecule has 8 nitrogen and oxygen atoms in total. The summed E-state index contributed by atoms with van der Waals surface area (Å²) in [5, 5.41) is 9.22. The molecule has 0 saturated heterocycles. The highest BCUT2D eigenvalue weighted by Gasteiger charge is 2.42. The van der Waals surface area contributed by atoms with Crippen LogP contribution in [0.4, 0.5) is 4.39 Å². The Kier molecular flexibility index (Phi) is 3.59. The van der Waals surface area contributed by atoms with Gasteiger partial charge in [0.15, 0.2) is 0 Å². The molecule has 0 spiro atoms. The minimum atomic E-state index is -2.16. The molecule has 1 unspecified atom stereocenters. The number of aromatic amines is 1. The topological polar surface area (TPSA) is 112 Å². The summed E-state index contributed by atoms with van der Waals surface area (Å²) in [7, 11) is 1.14. The molecule has 0 bridgehead atoms. The molecule has 2 N–H and O–H groups in total. The molecule has 1 aromatic rings. The monoisotopic (exact) mass is 273 g/mol. The van der Waals surface area contributed by atoms with Gasteiger partial charge in [0.2, 0.25) is 17.4 Å². The van der Waals surface area contributed by atoms with Crippen molar-refractivity contribution in [2.24, 2.45) is 0 Å². The van der Waals surface area contributed by atoms with E-state index in [1.165, 1.54) is 0 Å². The van der Waals surface area contributed by atoms with Gasteiger partial charge in [0.25, 0.3) is 5.56 Å². The van der Waals surface area contributed by atoms with Crippen molar-refractivity contribution in [1.82, 2.24) is 14.5 Å². The first-order valence-corrected chi connectivity index (χ1v) is 5.12. The van der Waals surface area contributed by atoms with Crippen LogP contribution in [-0.2, 0) is 15.3 Å². The van der Waals surface area contributed by atoms with Crippen LogP contribution in [0.1, 0.15) is 13.8 Å². The molecule has 104 valence electrons. The molecule has 0 radical (unpaired) electrons. The van der Waals surface area contributed by atoms with Gasteiger partial charge in [0.05, 0.1) is 6.20 Å². The maximum atomic E-state index is 13.2. The Labute approximate surface area is 106 Å². The van der Waals surface area contributed by atoms with Crippen LogP contribution in [0.5, 0.6) is 0 Å². The number of carboxylic acid groups (broad SMARTS) is 1. The van der Waals surface area contributed by atoms with Gasteiger partial charge in [-0.2, -0.15) is 4.39 Å². The highest BCUT2D eigenvalue weighted by molar-refractivity contribution is 5.83. The molecular weight excluding hydrogens is 261 g/mol. The van der Waals surface area contributed by atoms with Gasteiger partial charge in [0, 0.05) is 14.0 Å². The fourth-order valence-electron chi connectivity index (χ4n) is 1.49. The van der Waals surface area contributed by atoms with E-state index in [-0.39, 0.29) is 0 Å². The van der Waals surface area contributed by atoms with Crippen molar-refractivity contribution in [2.45, 2.75) is 19.5 Å². The normalized spacial score (nSPS) is 13.7. The van der Waals surface area contributed by atoms with E-state index in [2.05, 4.69) is 0 Å². The number of carbonyl (C=O) groups excluding carboxylic acids is 1. The zero-order valence-corrected chi connectivity index (χ0v) is 10.4. The van der Waals surface area contributed by atoms with Gasteiger partial charge in [-0.05, 0) is 6.92 Å². The smallest absolute Gasteiger partial charge is 0.351 e. The highest BCUT2D eigenvalue weighted by Crippen LogP contribution is 2.18. The molecule has 0 aliphatic carbocycles. The number of H-pyrrole nitrogens is 1. The third-order valence-electron chi connectivity index (χ3n) is 2.90. The first-order chi connectivity index (χ1) is 8.62. The molecular formula is C10H12FN3O5. The predicted molar refractivity (Wildman–Crippen MR) is 61.0 cm³/mol. The number of carboxylic acids is 1. The average Bonchev–Trinajstić information content (AvgIpc) is 2.31. The van der Waals surface area contributed by atoms with Crippen LogP contribution in [0.3, 0.4) is 0 Å². The SMILES string of the molecule is CC(=O)N(C)C(C)(C(=O)O)n1cc(F)c(=O)[nH]c1=O. The predicted octanol–water partition coefficient (Wildman–Crippen LogP) is -1.09. The second-order valence-corrected chi connectivity index (χ2v) is 4.01. The maximum Gasteiger partial charge on any atom is 0.351 e.